The molecule has 0 fully saturated rings. The molecule has 72 valence electrons. The van der Waals surface area contributed by atoms with Gasteiger partial charge in [-0.1, -0.05) is 0 Å². The van der Waals surface area contributed by atoms with E-state index >= 15 is 0 Å². The van der Waals surface area contributed by atoms with Gasteiger partial charge in [0.1, 0.15) is 6.10 Å². The van der Waals surface area contributed by atoms with Crippen molar-refractivity contribution < 1.29 is 9.53 Å². The van der Waals surface area contributed by atoms with Gasteiger partial charge in [0.25, 0.3) is 0 Å². The Balaban J connectivity index is 2.54. The van der Waals surface area contributed by atoms with Crippen LogP contribution in [0.4, 0.5) is 0 Å². The molecule has 6 nitrogen and oxygen atoms in total. The number of hydrogen-bond donors (Lipinski definition) is 0. The minimum absolute atomic E-state index is 0.0458. The van der Waals surface area contributed by atoms with Gasteiger partial charge in [0.05, 0.1) is 13.5 Å². The van der Waals surface area contributed by atoms with Crippen LogP contribution in [-0.2, 0) is 23.0 Å². The summed E-state index contributed by atoms with van der Waals surface area (Å²) in [4.78, 5) is 12.6. The fourth-order valence-corrected chi connectivity index (χ4v) is 0.825. The van der Waals surface area contributed by atoms with E-state index in [1.807, 2.05) is 0 Å². The van der Waals surface area contributed by atoms with Crippen molar-refractivity contribution in [3.05, 3.63) is 5.82 Å². The second-order valence-corrected chi connectivity index (χ2v) is 2.72. The first-order valence-electron chi connectivity index (χ1n) is 3.92. The lowest BCUT2D eigenvalue weighted by molar-refractivity contribution is -0.127. The largest absolute Gasteiger partial charge is 0.374 e. The van der Waals surface area contributed by atoms with Crippen molar-refractivity contribution in [3.8, 4) is 0 Å². The number of nitrogens with zero attached hydrogens (tertiary/aromatic N) is 4. The minimum Gasteiger partial charge on any atom is -0.374 e. The Kier molecular flexibility index (Phi) is 3.07. The van der Waals surface area contributed by atoms with Crippen LogP contribution in [0.15, 0.2) is 0 Å². The molecule has 1 heterocycles. The summed E-state index contributed by atoms with van der Waals surface area (Å²) in [6, 6.07) is 0. The molecule has 1 aromatic rings. The van der Waals surface area contributed by atoms with Crippen LogP contribution in [0.1, 0.15) is 12.7 Å². The second-order valence-electron chi connectivity index (χ2n) is 2.72. The summed E-state index contributed by atoms with van der Waals surface area (Å²) >= 11 is 0. The van der Waals surface area contributed by atoms with Crippen LogP contribution in [-0.4, -0.2) is 39.2 Å². The number of rotatable bonds is 4. The zero-order valence-corrected chi connectivity index (χ0v) is 7.89. The summed E-state index contributed by atoms with van der Waals surface area (Å²) in [5, 5.41) is 11.2. The van der Waals surface area contributed by atoms with Crippen LogP contribution in [0, 0.1) is 0 Å². The standard InChI is InChI=1S/C7H12N4O2/c1-5(13-3)6(12)4-7-8-10-11(2)9-7/h5H,4H2,1-3H3. The summed E-state index contributed by atoms with van der Waals surface area (Å²) in [6.45, 7) is 1.69. The smallest absolute Gasteiger partial charge is 0.182 e. The molecule has 0 saturated heterocycles. The molecule has 0 saturated carbocycles. The van der Waals surface area contributed by atoms with E-state index in [0.29, 0.717) is 5.82 Å². The number of hydrogen-bond acceptors (Lipinski definition) is 5. The van der Waals surface area contributed by atoms with Crippen molar-refractivity contribution in [3.63, 3.8) is 0 Å². The normalized spacial score (nSPS) is 12.8. The highest BCUT2D eigenvalue weighted by Crippen LogP contribution is 1.96. The quantitative estimate of drug-likeness (QED) is 0.622. The second kappa shape index (κ2) is 4.08. The fourth-order valence-electron chi connectivity index (χ4n) is 0.825. The van der Waals surface area contributed by atoms with E-state index in [0.717, 1.165) is 0 Å². The zero-order chi connectivity index (χ0) is 9.84. The van der Waals surface area contributed by atoms with Gasteiger partial charge in [0.2, 0.25) is 0 Å². The Morgan fingerprint density at radius 3 is 2.85 bits per heavy atom. The number of tetrazole rings is 1. The number of ether oxygens (including phenoxy) is 1. The van der Waals surface area contributed by atoms with Crippen LogP contribution in [0.3, 0.4) is 0 Å². The van der Waals surface area contributed by atoms with Gasteiger partial charge in [0.15, 0.2) is 11.6 Å². The highest BCUT2D eigenvalue weighted by Gasteiger charge is 2.14. The van der Waals surface area contributed by atoms with E-state index in [2.05, 4.69) is 15.4 Å². The predicted octanol–water partition coefficient (Wildman–Crippen LogP) is -0.643. The molecule has 6 heteroatoms. The molecule has 0 amide bonds. The van der Waals surface area contributed by atoms with Gasteiger partial charge >= 0.3 is 0 Å². The van der Waals surface area contributed by atoms with Gasteiger partial charge < -0.3 is 4.74 Å². The van der Waals surface area contributed by atoms with Crippen LogP contribution >= 0.6 is 0 Å². The highest BCUT2D eigenvalue weighted by atomic mass is 16.5. The number of Topliss-reactive ketones (excluding diaryl/α,β-unsaturated/α-hetero) is 1. The topological polar surface area (TPSA) is 69.9 Å². The molecule has 0 bridgehead atoms. The highest BCUT2D eigenvalue weighted by molar-refractivity contribution is 5.84. The van der Waals surface area contributed by atoms with Crippen molar-refractivity contribution in [1.29, 1.82) is 0 Å². The molecule has 13 heavy (non-hydrogen) atoms. The average molecular weight is 184 g/mol. The monoisotopic (exact) mass is 184 g/mol. The zero-order valence-electron chi connectivity index (χ0n) is 7.89. The van der Waals surface area contributed by atoms with E-state index < -0.39 is 6.10 Å². The van der Waals surface area contributed by atoms with E-state index in [4.69, 9.17) is 4.74 Å². The van der Waals surface area contributed by atoms with Gasteiger partial charge in [-0.05, 0) is 12.1 Å². The van der Waals surface area contributed by atoms with Gasteiger partial charge in [-0.2, -0.15) is 4.80 Å². The molecule has 0 spiro atoms. The Hall–Kier alpha value is -1.30. The Morgan fingerprint density at radius 1 is 1.69 bits per heavy atom. The maximum Gasteiger partial charge on any atom is 0.182 e. The van der Waals surface area contributed by atoms with Gasteiger partial charge in [-0.25, -0.2) is 0 Å². The molecule has 1 unspecified atom stereocenters. The molecular formula is C7H12N4O2. The summed E-state index contributed by atoms with van der Waals surface area (Å²) in [6.07, 6.45) is -0.244. The average Bonchev–Trinajstić information content (AvgIpc) is 2.49. The van der Waals surface area contributed by atoms with Gasteiger partial charge in [0, 0.05) is 7.11 Å². The van der Waals surface area contributed by atoms with Crippen molar-refractivity contribution in [1.82, 2.24) is 20.2 Å². The van der Waals surface area contributed by atoms with Crippen molar-refractivity contribution >= 4 is 5.78 Å². The van der Waals surface area contributed by atoms with Crippen molar-refractivity contribution in [2.75, 3.05) is 7.11 Å². The van der Waals surface area contributed by atoms with Crippen LogP contribution in [0.5, 0.6) is 0 Å². The maximum absolute atomic E-state index is 11.3. The number of aryl methyl sites for hydroxylation is 1. The van der Waals surface area contributed by atoms with Gasteiger partial charge in [-0.3, -0.25) is 4.79 Å². The third-order valence-electron chi connectivity index (χ3n) is 1.69. The first kappa shape index (κ1) is 9.79. The third kappa shape index (κ3) is 2.59. The summed E-state index contributed by atoms with van der Waals surface area (Å²) in [7, 11) is 3.15. The van der Waals surface area contributed by atoms with Crippen molar-refractivity contribution in [2.24, 2.45) is 7.05 Å². The Morgan fingerprint density at radius 2 is 2.38 bits per heavy atom. The molecule has 0 aliphatic carbocycles. The molecule has 0 aromatic carbocycles. The number of aromatic nitrogens is 4. The molecular weight excluding hydrogens is 172 g/mol. The van der Waals surface area contributed by atoms with Gasteiger partial charge in [-0.15, -0.1) is 10.2 Å². The van der Waals surface area contributed by atoms with Crippen LogP contribution in [0.2, 0.25) is 0 Å². The van der Waals surface area contributed by atoms with Crippen LogP contribution in [0.25, 0.3) is 0 Å². The molecule has 0 N–H and O–H groups in total. The van der Waals surface area contributed by atoms with Crippen molar-refractivity contribution in [2.45, 2.75) is 19.4 Å². The Labute approximate surface area is 75.9 Å². The third-order valence-corrected chi connectivity index (χ3v) is 1.69. The maximum atomic E-state index is 11.3. The SMILES string of the molecule is COC(C)C(=O)Cc1nnn(C)n1. The molecule has 1 rings (SSSR count). The Bertz CT molecular complexity index is 296. The fraction of sp³-hybridized carbons (Fsp3) is 0.714. The first-order chi connectivity index (χ1) is 6.13. The van der Waals surface area contributed by atoms with Crippen LogP contribution < -0.4 is 0 Å². The number of methoxy groups -OCH3 is 1. The molecule has 1 atom stereocenters. The lowest BCUT2D eigenvalue weighted by atomic mass is 10.2. The van der Waals surface area contributed by atoms with E-state index in [-0.39, 0.29) is 12.2 Å². The molecule has 0 radical (unpaired) electrons. The predicted molar refractivity (Wildman–Crippen MR) is 44.0 cm³/mol. The number of carbonyl (C=O) groups is 1. The lowest BCUT2D eigenvalue weighted by Crippen LogP contribution is -2.21. The summed E-state index contributed by atoms with van der Waals surface area (Å²) < 4.78 is 4.86. The van der Waals surface area contributed by atoms with E-state index in [1.54, 1.807) is 14.0 Å². The van der Waals surface area contributed by atoms with E-state index in [1.165, 1.54) is 11.9 Å². The minimum atomic E-state index is -0.413. The van der Waals surface area contributed by atoms with E-state index in [9.17, 15) is 4.79 Å². The lowest BCUT2D eigenvalue weighted by Gasteiger charge is -2.04. The number of ketones is 1. The summed E-state index contributed by atoms with van der Waals surface area (Å²) in [5.41, 5.74) is 0. The molecule has 0 aliphatic heterocycles. The number of carbonyl (C=O) groups excluding carboxylic acids is 1. The molecule has 0 aliphatic rings. The molecule has 1 aromatic heterocycles. The first-order valence-corrected chi connectivity index (χ1v) is 3.92. The summed E-state index contributed by atoms with van der Waals surface area (Å²) in [5.74, 6) is 0.381.